The minimum Gasteiger partial charge on any atom is -0.265 e. The van der Waals surface area contributed by atoms with Crippen molar-refractivity contribution in [3.05, 3.63) is 65.5 Å². The summed E-state index contributed by atoms with van der Waals surface area (Å²) in [5.74, 6) is 0. The SMILES string of the molecule is Cc1ccc(CNS(=O)(=O)NCc2ccncc2)cc1. The molecule has 0 amide bonds. The Kier molecular flexibility index (Phi) is 4.84. The lowest BCUT2D eigenvalue weighted by Crippen LogP contribution is -2.35. The third-order valence-corrected chi connectivity index (χ3v) is 3.85. The number of nitrogens with zero attached hydrogens (tertiary/aromatic N) is 1. The fourth-order valence-electron chi connectivity index (χ4n) is 1.61. The van der Waals surface area contributed by atoms with Gasteiger partial charge in [-0.15, -0.1) is 0 Å². The Morgan fingerprint density at radius 1 is 0.900 bits per heavy atom. The highest BCUT2D eigenvalue weighted by Crippen LogP contribution is 2.03. The number of aromatic nitrogens is 1. The van der Waals surface area contributed by atoms with E-state index < -0.39 is 10.2 Å². The maximum Gasteiger partial charge on any atom is 0.277 e. The van der Waals surface area contributed by atoms with E-state index >= 15 is 0 Å². The van der Waals surface area contributed by atoms with Crippen molar-refractivity contribution in [1.82, 2.24) is 14.4 Å². The van der Waals surface area contributed by atoms with Crippen LogP contribution in [0, 0.1) is 6.92 Å². The zero-order valence-electron chi connectivity index (χ0n) is 11.2. The highest BCUT2D eigenvalue weighted by molar-refractivity contribution is 7.87. The van der Waals surface area contributed by atoms with Crippen LogP contribution in [0.5, 0.6) is 0 Å². The summed E-state index contributed by atoms with van der Waals surface area (Å²) in [6, 6.07) is 11.2. The van der Waals surface area contributed by atoms with Gasteiger partial charge >= 0.3 is 0 Å². The van der Waals surface area contributed by atoms with E-state index in [0.29, 0.717) is 0 Å². The van der Waals surface area contributed by atoms with Crippen LogP contribution in [0.25, 0.3) is 0 Å². The van der Waals surface area contributed by atoms with Gasteiger partial charge < -0.3 is 0 Å². The highest BCUT2D eigenvalue weighted by Gasteiger charge is 2.08. The molecule has 0 atom stereocenters. The van der Waals surface area contributed by atoms with Crippen LogP contribution in [-0.4, -0.2) is 13.4 Å². The standard InChI is InChI=1S/C14H17N3O2S/c1-12-2-4-13(5-3-12)10-16-20(18,19)17-11-14-6-8-15-9-7-14/h2-9,16-17H,10-11H2,1H3. The second kappa shape index (κ2) is 6.60. The zero-order chi connectivity index (χ0) is 14.4. The molecular formula is C14H17N3O2S. The molecule has 2 aromatic rings. The molecule has 6 heteroatoms. The maximum atomic E-state index is 11.8. The molecule has 0 radical (unpaired) electrons. The molecule has 2 N–H and O–H groups in total. The molecule has 1 heterocycles. The summed E-state index contributed by atoms with van der Waals surface area (Å²) in [7, 11) is -3.51. The Balaban J connectivity index is 1.86. The molecule has 0 aliphatic heterocycles. The summed E-state index contributed by atoms with van der Waals surface area (Å²) < 4.78 is 28.6. The largest absolute Gasteiger partial charge is 0.277 e. The summed E-state index contributed by atoms with van der Waals surface area (Å²) in [5, 5.41) is 0. The van der Waals surface area contributed by atoms with Crippen molar-refractivity contribution >= 4 is 10.2 Å². The number of nitrogens with one attached hydrogen (secondary N) is 2. The van der Waals surface area contributed by atoms with Crippen molar-refractivity contribution in [3.63, 3.8) is 0 Å². The second-order valence-electron chi connectivity index (χ2n) is 4.49. The van der Waals surface area contributed by atoms with Crippen LogP contribution in [0.15, 0.2) is 48.8 Å². The van der Waals surface area contributed by atoms with Crippen LogP contribution >= 0.6 is 0 Å². The second-order valence-corrected chi connectivity index (χ2v) is 6.07. The van der Waals surface area contributed by atoms with E-state index in [1.807, 2.05) is 31.2 Å². The Hall–Kier alpha value is -1.76. The van der Waals surface area contributed by atoms with Crippen LogP contribution in [0.2, 0.25) is 0 Å². The molecule has 0 unspecified atom stereocenters. The molecular weight excluding hydrogens is 274 g/mol. The first-order valence-electron chi connectivity index (χ1n) is 6.24. The molecule has 0 bridgehead atoms. The average Bonchev–Trinajstić information content (AvgIpc) is 2.46. The Morgan fingerprint density at radius 3 is 1.95 bits per heavy atom. The number of hydrogen-bond donors (Lipinski definition) is 2. The third kappa shape index (κ3) is 4.73. The molecule has 5 nitrogen and oxygen atoms in total. The van der Waals surface area contributed by atoms with Crippen molar-refractivity contribution in [2.75, 3.05) is 0 Å². The monoisotopic (exact) mass is 291 g/mol. The molecule has 0 fully saturated rings. The Morgan fingerprint density at radius 2 is 1.40 bits per heavy atom. The van der Waals surface area contributed by atoms with Gasteiger partial charge in [-0.05, 0) is 30.2 Å². The molecule has 0 spiro atoms. The molecule has 2 rings (SSSR count). The summed E-state index contributed by atoms with van der Waals surface area (Å²) in [6.07, 6.45) is 3.26. The van der Waals surface area contributed by atoms with Gasteiger partial charge in [-0.1, -0.05) is 29.8 Å². The van der Waals surface area contributed by atoms with Crippen LogP contribution in [-0.2, 0) is 23.3 Å². The van der Waals surface area contributed by atoms with E-state index in [2.05, 4.69) is 14.4 Å². The van der Waals surface area contributed by atoms with E-state index in [-0.39, 0.29) is 13.1 Å². The van der Waals surface area contributed by atoms with Gasteiger partial charge in [-0.25, -0.2) is 0 Å². The smallest absolute Gasteiger partial charge is 0.265 e. The predicted octanol–water partition coefficient (Wildman–Crippen LogP) is 1.51. The summed E-state index contributed by atoms with van der Waals surface area (Å²) >= 11 is 0. The number of rotatable bonds is 6. The van der Waals surface area contributed by atoms with E-state index in [9.17, 15) is 8.42 Å². The normalized spacial score (nSPS) is 11.4. The quantitative estimate of drug-likeness (QED) is 0.847. The van der Waals surface area contributed by atoms with Gasteiger partial charge in [0.1, 0.15) is 0 Å². The van der Waals surface area contributed by atoms with Gasteiger partial charge in [-0.2, -0.15) is 17.9 Å². The summed E-state index contributed by atoms with van der Waals surface area (Å²) in [4.78, 5) is 3.88. The number of pyridine rings is 1. The molecule has 1 aromatic carbocycles. The van der Waals surface area contributed by atoms with Gasteiger partial charge in [0.15, 0.2) is 0 Å². The maximum absolute atomic E-state index is 11.8. The van der Waals surface area contributed by atoms with Gasteiger partial charge in [0.25, 0.3) is 10.2 Å². The molecule has 1 aromatic heterocycles. The summed E-state index contributed by atoms with van der Waals surface area (Å²) in [5.41, 5.74) is 2.93. The zero-order valence-corrected chi connectivity index (χ0v) is 12.0. The Bertz CT molecular complexity index is 640. The van der Waals surface area contributed by atoms with Crippen molar-refractivity contribution in [1.29, 1.82) is 0 Å². The molecule has 0 aliphatic carbocycles. The fourth-order valence-corrected chi connectivity index (χ4v) is 2.43. The van der Waals surface area contributed by atoms with Crippen molar-refractivity contribution < 1.29 is 8.42 Å². The third-order valence-electron chi connectivity index (χ3n) is 2.80. The Labute approximate surface area is 119 Å². The minimum absolute atomic E-state index is 0.242. The lowest BCUT2D eigenvalue weighted by atomic mass is 10.2. The van der Waals surface area contributed by atoms with E-state index in [1.54, 1.807) is 24.5 Å². The molecule has 0 saturated heterocycles. The number of aryl methyl sites for hydroxylation is 1. The fraction of sp³-hybridized carbons (Fsp3) is 0.214. The van der Waals surface area contributed by atoms with E-state index in [0.717, 1.165) is 16.7 Å². The van der Waals surface area contributed by atoms with Crippen LogP contribution < -0.4 is 9.44 Å². The van der Waals surface area contributed by atoms with E-state index in [4.69, 9.17) is 0 Å². The van der Waals surface area contributed by atoms with E-state index in [1.165, 1.54) is 0 Å². The first kappa shape index (κ1) is 14.6. The average molecular weight is 291 g/mol. The number of benzene rings is 1. The van der Waals surface area contributed by atoms with Crippen molar-refractivity contribution in [2.45, 2.75) is 20.0 Å². The van der Waals surface area contributed by atoms with Crippen molar-refractivity contribution in [3.8, 4) is 0 Å². The lowest BCUT2D eigenvalue weighted by Gasteiger charge is -2.08. The van der Waals surface area contributed by atoms with Crippen LogP contribution in [0.1, 0.15) is 16.7 Å². The van der Waals surface area contributed by atoms with Gasteiger partial charge in [0.2, 0.25) is 0 Å². The van der Waals surface area contributed by atoms with Gasteiger partial charge in [0, 0.05) is 25.5 Å². The molecule has 0 aliphatic rings. The minimum atomic E-state index is -3.51. The van der Waals surface area contributed by atoms with Crippen molar-refractivity contribution in [2.24, 2.45) is 0 Å². The van der Waals surface area contributed by atoms with Crippen LogP contribution in [0.4, 0.5) is 0 Å². The molecule has 106 valence electrons. The molecule has 20 heavy (non-hydrogen) atoms. The first-order valence-corrected chi connectivity index (χ1v) is 7.72. The lowest BCUT2D eigenvalue weighted by molar-refractivity contribution is 0.566. The predicted molar refractivity (Wildman–Crippen MR) is 78.0 cm³/mol. The summed E-state index contributed by atoms with van der Waals surface area (Å²) in [6.45, 7) is 2.50. The molecule has 0 saturated carbocycles. The van der Waals surface area contributed by atoms with Crippen LogP contribution in [0.3, 0.4) is 0 Å². The highest BCUT2D eigenvalue weighted by atomic mass is 32.2. The first-order chi connectivity index (χ1) is 9.55. The number of hydrogen-bond acceptors (Lipinski definition) is 3. The topological polar surface area (TPSA) is 71.1 Å². The van der Waals surface area contributed by atoms with Gasteiger partial charge in [-0.3, -0.25) is 4.98 Å². The van der Waals surface area contributed by atoms with Gasteiger partial charge in [0.05, 0.1) is 0 Å².